The third-order valence-corrected chi connectivity index (χ3v) is 8.62. The molecular formula is C38H49N3O6. The van der Waals surface area contributed by atoms with Crippen LogP contribution >= 0.6 is 0 Å². The van der Waals surface area contributed by atoms with E-state index in [0.717, 1.165) is 30.4 Å². The number of nitrogens with one attached hydrogen (secondary N) is 1. The van der Waals surface area contributed by atoms with E-state index in [1.807, 2.05) is 74.5 Å². The van der Waals surface area contributed by atoms with Crippen molar-refractivity contribution in [3.8, 4) is 5.75 Å². The van der Waals surface area contributed by atoms with Gasteiger partial charge in [-0.2, -0.15) is 0 Å². The zero-order valence-electron chi connectivity index (χ0n) is 28.1. The van der Waals surface area contributed by atoms with Gasteiger partial charge in [-0.05, 0) is 62.4 Å². The van der Waals surface area contributed by atoms with Gasteiger partial charge in [0.15, 0.2) is 0 Å². The fourth-order valence-electron chi connectivity index (χ4n) is 5.73. The van der Waals surface area contributed by atoms with Gasteiger partial charge in [0.25, 0.3) is 5.91 Å². The Labute approximate surface area is 278 Å². The van der Waals surface area contributed by atoms with Gasteiger partial charge in [0.1, 0.15) is 5.75 Å². The highest BCUT2D eigenvalue weighted by atomic mass is 16.5. The summed E-state index contributed by atoms with van der Waals surface area (Å²) < 4.78 is 12.7. The van der Waals surface area contributed by atoms with Crippen LogP contribution in [-0.2, 0) is 27.2 Å². The maximum absolute atomic E-state index is 14.3. The Kier molecular flexibility index (Phi) is 13.4. The van der Waals surface area contributed by atoms with Crippen molar-refractivity contribution in [1.82, 2.24) is 9.80 Å². The molecule has 0 saturated heterocycles. The number of hydrogen-bond donors (Lipinski definition) is 2. The molecule has 47 heavy (non-hydrogen) atoms. The minimum atomic E-state index is -0.502. The maximum atomic E-state index is 14.3. The fraction of sp³-hybridized carbons (Fsp3) is 0.447. The average Bonchev–Trinajstić information content (AvgIpc) is 3.06. The van der Waals surface area contributed by atoms with Crippen molar-refractivity contribution in [3.63, 3.8) is 0 Å². The van der Waals surface area contributed by atoms with Crippen LogP contribution in [0, 0.1) is 5.92 Å². The number of carbonyl (C=O) groups is 3. The number of nitrogens with zero attached hydrogens (tertiary/aromatic N) is 2. The Hall–Kier alpha value is -4.21. The van der Waals surface area contributed by atoms with Crippen molar-refractivity contribution in [2.24, 2.45) is 5.92 Å². The molecular weight excluding hydrogens is 594 g/mol. The molecule has 252 valence electrons. The molecule has 3 aromatic carbocycles. The van der Waals surface area contributed by atoms with E-state index >= 15 is 0 Å². The fourth-order valence-corrected chi connectivity index (χ4v) is 5.73. The van der Waals surface area contributed by atoms with Gasteiger partial charge in [-0.25, -0.2) is 0 Å². The average molecular weight is 644 g/mol. The van der Waals surface area contributed by atoms with Gasteiger partial charge in [0.05, 0.1) is 43.3 Å². The normalized spacial score (nSPS) is 19.9. The number of hydrogen-bond acceptors (Lipinski definition) is 6. The maximum Gasteiger partial charge on any atom is 0.258 e. The second-order valence-corrected chi connectivity index (χ2v) is 12.7. The summed E-state index contributed by atoms with van der Waals surface area (Å²) in [5.74, 6) is -0.254. The molecule has 0 radical (unpaired) electrons. The molecule has 0 aliphatic carbocycles. The Morgan fingerprint density at radius 1 is 0.979 bits per heavy atom. The van der Waals surface area contributed by atoms with Crippen LogP contribution in [0.15, 0.2) is 78.9 Å². The number of aliphatic hydroxyl groups excluding tert-OH is 1. The molecule has 0 saturated carbocycles. The van der Waals surface area contributed by atoms with Gasteiger partial charge in [0.2, 0.25) is 11.8 Å². The first-order valence-electron chi connectivity index (χ1n) is 16.6. The predicted octanol–water partition coefficient (Wildman–Crippen LogP) is 5.36. The van der Waals surface area contributed by atoms with E-state index in [9.17, 15) is 19.5 Å². The van der Waals surface area contributed by atoms with Gasteiger partial charge >= 0.3 is 0 Å². The number of carbonyl (C=O) groups excluding carboxylic acids is 3. The quantitative estimate of drug-likeness (QED) is 0.325. The molecule has 9 heteroatoms. The van der Waals surface area contributed by atoms with Gasteiger partial charge in [-0.1, -0.05) is 67.6 Å². The Morgan fingerprint density at radius 3 is 2.30 bits per heavy atom. The van der Waals surface area contributed by atoms with Crippen molar-refractivity contribution < 1.29 is 29.0 Å². The summed E-state index contributed by atoms with van der Waals surface area (Å²) in [6, 6.07) is 23.8. The first kappa shape index (κ1) is 35.6. The molecule has 1 aliphatic rings. The number of fused-ring (bicyclic) bond motifs is 1. The molecule has 0 aromatic heterocycles. The van der Waals surface area contributed by atoms with Crippen molar-refractivity contribution in [1.29, 1.82) is 0 Å². The van der Waals surface area contributed by atoms with E-state index in [2.05, 4.69) is 5.32 Å². The zero-order chi connectivity index (χ0) is 33.8. The summed E-state index contributed by atoms with van der Waals surface area (Å²) in [6.45, 7) is 6.72. The number of anilines is 1. The standard InChI is InChI=1S/C38H49N3O6/c1-27-24-41(28(2)26-42)38(45)33-23-32(39-36(43)21-30-14-7-5-8-15-30)18-19-34(33)47-29(3)13-11-12-20-46-35(27)25-40(4)37(44)22-31-16-9-6-10-17-31/h5-10,14-19,23,27-29,35,42H,11-13,20-22,24-26H2,1-4H3,(H,39,43)/t27-,28+,29+,35+/m0/s1. The number of amides is 3. The van der Waals surface area contributed by atoms with Crippen LogP contribution < -0.4 is 10.1 Å². The van der Waals surface area contributed by atoms with Crippen LogP contribution in [0.4, 0.5) is 5.69 Å². The molecule has 3 amide bonds. The van der Waals surface area contributed by atoms with Gasteiger partial charge in [-0.3, -0.25) is 14.4 Å². The minimum Gasteiger partial charge on any atom is -0.490 e. The highest BCUT2D eigenvalue weighted by Gasteiger charge is 2.31. The second-order valence-electron chi connectivity index (χ2n) is 12.7. The van der Waals surface area contributed by atoms with Crippen LogP contribution in [0.25, 0.3) is 0 Å². The van der Waals surface area contributed by atoms with Crippen LogP contribution in [0.1, 0.15) is 61.5 Å². The third kappa shape index (κ3) is 10.7. The molecule has 0 unspecified atom stereocenters. The molecule has 9 nitrogen and oxygen atoms in total. The van der Waals surface area contributed by atoms with Crippen LogP contribution in [0.5, 0.6) is 5.75 Å². The molecule has 0 bridgehead atoms. The zero-order valence-corrected chi connectivity index (χ0v) is 28.1. The first-order valence-corrected chi connectivity index (χ1v) is 16.6. The van der Waals surface area contributed by atoms with Gasteiger partial charge in [-0.15, -0.1) is 0 Å². The largest absolute Gasteiger partial charge is 0.490 e. The monoisotopic (exact) mass is 643 g/mol. The molecule has 0 fully saturated rings. The molecule has 0 spiro atoms. The van der Waals surface area contributed by atoms with Gasteiger partial charge < -0.3 is 29.7 Å². The van der Waals surface area contributed by atoms with E-state index in [4.69, 9.17) is 9.47 Å². The van der Waals surface area contributed by atoms with E-state index in [1.54, 1.807) is 42.0 Å². The molecule has 3 aromatic rings. The number of aliphatic hydroxyl groups is 1. The number of likely N-dealkylation sites (N-methyl/N-ethyl adjacent to an activating group) is 1. The lowest BCUT2D eigenvalue weighted by molar-refractivity contribution is -0.131. The van der Waals surface area contributed by atoms with Crippen molar-refractivity contribution in [2.45, 2.75) is 71.1 Å². The number of ether oxygens (including phenoxy) is 2. The van der Waals surface area contributed by atoms with E-state index in [1.165, 1.54) is 0 Å². The van der Waals surface area contributed by atoms with E-state index in [0.29, 0.717) is 36.6 Å². The molecule has 1 aliphatic heterocycles. The summed E-state index contributed by atoms with van der Waals surface area (Å²) in [4.78, 5) is 43.7. The second kappa shape index (κ2) is 17.6. The molecule has 2 N–H and O–H groups in total. The highest BCUT2D eigenvalue weighted by molar-refractivity contribution is 6.00. The van der Waals surface area contributed by atoms with Crippen LogP contribution in [0.2, 0.25) is 0 Å². The number of rotatable bonds is 9. The minimum absolute atomic E-state index is 0.00944. The van der Waals surface area contributed by atoms with Crippen LogP contribution in [0.3, 0.4) is 0 Å². The van der Waals surface area contributed by atoms with Crippen LogP contribution in [-0.4, -0.2) is 84.2 Å². The third-order valence-electron chi connectivity index (χ3n) is 8.62. The lowest BCUT2D eigenvalue weighted by Crippen LogP contribution is -2.48. The topological polar surface area (TPSA) is 108 Å². The summed E-state index contributed by atoms with van der Waals surface area (Å²) >= 11 is 0. The lowest BCUT2D eigenvalue weighted by atomic mass is 10.0. The van der Waals surface area contributed by atoms with Crippen molar-refractivity contribution in [3.05, 3.63) is 95.6 Å². The van der Waals surface area contributed by atoms with Crippen molar-refractivity contribution >= 4 is 23.4 Å². The summed E-state index contributed by atoms with van der Waals surface area (Å²) in [7, 11) is 1.79. The Bertz CT molecular complexity index is 1450. The Balaban J connectivity index is 1.58. The first-order chi connectivity index (χ1) is 22.6. The lowest BCUT2D eigenvalue weighted by Gasteiger charge is -2.36. The smallest absolute Gasteiger partial charge is 0.258 e. The SMILES string of the molecule is C[C@@H]1CCCCO[C@H](CN(C)C(=O)Cc2ccccc2)[C@@H](C)CN([C@H](C)CO)C(=O)c2cc(NC(=O)Cc3ccccc3)ccc2O1. The highest BCUT2D eigenvalue weighted by Crippen LogP contribution is 2.28. The number of benzene rings is 3. The molecule has 4 rings (SSSR count). The Morgan fingerprint density at radius 2 is 1.64 bits per heavy atom. The molecule has 4 atom stereocenters. The molecule has 1 heterocycles. The van der Waals surface area contributed by atoms with Gasteiger partial charge in [0, 0.05) is 38.3 Å². The van der Waals surface area contributed by atoms with Crippen molar-refractivity contribution in [2.75, 3.05) is 38.7 Å². The summed E-state index contributed by atoms with van der Waals surface area (Å²) in [5.41, 5.74) is 2.63. The summed E-state index contributed by atoms with van der Waals surface area (Å²) in [6.07, 6.45) is 2.46. The van der Waals surface area contributed by atoms with E-state index in [-0.39, 0.29) is 55.4 Å². The summed E-state index contributed by atoms with van der Waals surface area (Å²) in [5, 5.41) is 13.2. The van der Waals surface area contributed by atoms with E-state index < -0.39 is 6.04 Å². The predicted molar refractivity (Wildman–Crippen MR) is 183 cm³/mol.